The molecule has 3 aromatic rings. The van der Waals surface area contributed by atoms with Crippen molar-refractivity contribution in [1.29, 1.82) is 0 Å². The van der Waals surface area contributed by atoms with Gasteiger partial charge in [0.25, 0.3) is 11.5 Å². The van der Waals surface area contributed by atoms with Crippen molar-refractivity contribution in [3.63, 3.8) is 0 Å². The molecule has 1 aromatic heterocycles. The Morgan fingerprint density at radius 2 is 2.00 bits per heavy atom. The Morgan fingerprint density at radius 1 is 1.24 bits per heavy atom. The number of hydrogen-bond acceptors (Lipinski definition) is 7. The lowest BCUT2D eigenvalue weighted by Crippen LogP contribution is -2.43. The summed E-state index contributed by atoms with van der Waals surface area (Å²) in [5, 5.41) is 5.05. The fraction of sp³-hybridized carbons (Fsp3) is 0.407. The summed E-state index contributed by atoms with van der Waals surface area (Å²) >= 11 is 3.44. The minimum atomic E-state index is -0.243. The van der Waals surface area contributed by atoms with Crippen LogP contribution in [0.3, 0.4) is 0 Å². The van der Waals surface area contributed by atoms with E-state index >= 15 is 0 Å². The zero-order valence-corrected chi connectivity index (χ0v) is 23.2. The summed E-state index contributed by atoms with van der Waals surface area (Å²) in [6, 6.07) is 11.1. The van der Waals surface area contributed by atoms with Gasteiger partial charge in [-0.1, -0.05) is 29.8 Å². The lowest BCUT2D eigenvalue weighted by molar-refractivity contribution is -0.137. The summed E-state index contributed by atoms with van der Waals surface area (Å²) in [6.07, 6.45) is 2.40. The summed E-state index contributed by atoms with van der Waals surface area (Å²) in [5.41, 5.74) is 1.96. The molecule has 9 nitrogen and oxygen atoms in total. The van der Waals surface area contributed by atoms with Gasteiger partial charge in [-0.2, -0.15) is 9.78 Å². The molecule has 0 spiro atoms. The lowest BCUT2D eigenvalue weighted by Gasteiger charge is -2.27. The van der Waals surface area contributed by atoms with Gasteiger partial charge in [0.2, 0.25) is 0 Å². The lowest BCUT2D eigenvalue weighted by atomic mass is 10.1. The summed E-state index contributed by atoms with van der Waals surface area (Å²) < 4.78 is 13.5. The highest BCUT2D eigenvalue weighted by Gasteiger charge is 2.19. The average Bonchev–Trinajstić information content (AvgIpc) is 2.91. The SMILES string of the molecule is CC[C@@H](C)c1nc2ccc(Br)cc2c(=O)n1N=Cc1ccc(N(C)C)cc1OCC(=O)N1CCOCC1. The monoisotopic (exact) mass is 569 g/mol. The fourth-order valence-corrected chi connectivity index (χ4v) is 4.34. The molecular weight excluding hydrogens is 538 g/mol. The number of nitrogens with zero attached hydrogens (tertiary/aromatic N) is 5. The van der Waals surface area contributed by atoms with Gasteiger partial charge < -0.3 is 19.3 Å². The van der Waals surface area contributed by atoms with Crippen LogP contribution in [0.4, 0.5) is 5.69 Å². The maximum atomic E-state index is 13.5. The van der Waals surface area contributed by atoms with Crippen LogP contribution in [0.25, 0.3) is 10.9 Å². The van der Waals surface area contributed by atoms with E-state index in [4.69, 9.17) is 14.5 Å². The number of anilines is 1. The zero-order chi connectivity index (χ0) is 26.5. The predicted molar refractivity (Wildman–Crippen MR) is 149 cm³/mol. The van der Waals surface area contributed by atoms with E-state index in [-0.39, 0.29) is 24.0 Å². The predicted octanol–water partition coefficient (Wildman–Crippen LogP) is 3.86. The summed E-state index contributed by atoms with van der Waals surface area (Å²) in [7, 11) is 3.87. The number of aromatic nitrogens is 2. The van der Waals surface area contributed by atoms with Crippen molar-refractivity contribution < 1.29 is 14.3 Å². The number of rotatable bonds is 8. The highest BCUT2D eigenvalue weighted by Crippen LogP contribution is 2.25. The van der Waals surface area contributed by atoms with Gasteiger partial charge in [-0.3, -0.25) is 9.59 Å². The van der Waals surface area contributed by atoms with Crippen molar-refractivity contribution in [2.75, 3.05) is 51.9 Å². The van der Waals surface area contributed by atoms with Gasteiger partial charge in [0.15, 0.2) is 6.61 Å². The Morgan fingerprint density at radius 3 is 2.70 bits per heavy atom. The van der Waals surface area contributed by atoms with E-state index in [1.54, 1.807) is 17.2 Å². The number of fused-ring (bicyclic) bond motifs is 1. The first-order valence-electron chi connectivity index (χ1n) is 12.3. The second kappa shape index (κ2) is 11.9. The number of carbonyl (C=O) groups is 1. The topological polar surface area (TPSA) is 89.3 Å². The van der Waals surface area contributed by atoms with Gasteiger partial charge in [-0.25, -0.2) is 4.98 Å². The fourth-order valence-electron chi connectivity index (χ4n) is 3.98. The number of carbonyl (C=O) groups excluding carboxylic acids is 1. The minimum absolute atomic E-state index is 0.0240. The molecular formula is C27H32BrN5O4. The van der Waals surface area contributed by atoms with Crippen molar-refractivity contribution in [3.8, 4) is 5.75 Å². The van der Waals surface area contributed by atoms with Gasteiger partial charge >= 0.3 is 0 Å². The molecule has 1 fully saturated rings. The Balaban J connectivity index is 1.70. The number of amides is 1. The van der Waals surface area contributed by atoms with Crippen LogP contribution < -0.4 is 15.2 Å². The smallest absolute Gasteiger partial charge is 0.282 e. The molecule has 1 aliphatic rings. The van der Waals surface area contributed by atoms with Crippen LogP contribution in [-0.4, -0.2) is 73.7 Å². The molecule has 1 aliphatic heterocycles. The third-order valence-corrected chi connectivity index (χ3v) is 6.92. The molecule has 4 rings (SSSR count). The van der Waals surface area contributed by atoms with Crippen LogP contribution in [0, 0.1) is 0 Å². The van der Waals surface area contributed by atoms with Gasteiger partial charge in [0, 0.05) is 54.9 Å². The van der Waals surface area contributed by atoms with Gasteiger partial charge in [0.05, 0.1) is 30.3 Å². The third-order valence-electron chi connectivity index (χ3n) is 6.43. The number of ether oxygens (including phenoxy) is 2. The Bertz CT molecular complexity index is 1360. The summed E-state index contributed by atoms with van der Waals surface area (Å²) in [5.74, 6) is 1.02. The first kappa shape index (κ1) is 26.8. The highest BCUT2D eigenvalue weighted by molar-refractivity contribution is 9.10. The largest absolute Gasteiger partial charge is 0.483 e. The first-order chi connectivity index (χ1) is 17.8. The Kier molecular flexibility index (Phi) is 8.60. The van der Waals surface area contributed by atoms with Crippen molar-refractivity contribution in [2.45, 2.75) is 26.2 Å². The first-order valence-corrected chi connectivity index (χ1v) is 13.1. The summed E-state index contributed by atoms with van der Waals surface area (Å²) in [4.78, 5) is 34.6. The van der Waals surface area contributed by atoms with E-state index in [1.807, 2.05) is 63.2 Å². The second-order valence-corrected chi connectivity index (χ2v) is 10.1. The minimum Gasteiger partial charge on any atom is -0.483 e. The summed E-state index contributed by atoms with van der Waals surface area (Å²) in [6.45, 7) is 6.15. The molecule has 37 heavy (non-hydrogen) atoms. The maximum Gasteiger partial charge on any atom is 0.282 e. The van der Waals surface area contributed by atoms with Crippen LogP contribution in [0.5, 0.6) is 5.75 Å². The molecule has 1 atom stereocenters. The molecule has 2 aromatic carbocycles. The van der Waals surface area contributed by atoms with Crippen molar-refractivity contribution >= 4 is 44.6 Å². The molecule has 2 heterocycles. The molecule has 0 bridgehead atoms. The van der Waals surface area contributed by atoms with Crippen LogP contribution in [0.2, 0.25) is 0 Å². The van der Waals surface area contributed by atoms with Gasteiger partial charge in [0.1, 0.15) is 11.6 Å². The molecule has 1 saturated heterocycles. The standard InChI is InChI=1S/C27H32BrN5O4/c1-5-18(2)26-30-23-9-7-20(28)14-22(23)27(35)33(26)29-16-19-6-8-21(31(3)4)15-24(19)37-17-25(34)32-10-12-36-13-11-32/h6-9,14-16,18H,5,10-13,17H2,1-4H3/t18-/m1/s1. The normalized spacial score (nSPS) is 14.8. The maximum absolute atomic E-state index is 13.5. The van der Waals surface area contributed by atoms with Crippen LogP contribution in [0.15, 0.2) is 50.8 Å². The molecule has 1 amide bonds. The van der Waals surface area contributed by atoms with E-state index in [9.17, 15) is 9.59 Å². The van der Waals surface area contributed by atoms with E-state index < -0.39 is 0 Å². The molecule has 10 heteroatoms. The number of hydrogen-bond donors (Lipinski definition) is 0. The quantitative estimate of drug-likeness (QED) is 0.383. The Labute approximate surface area is 224 Å². The third kappa shape index (κ3) is 6.19. The average molecular weight is 570 g/mol. The number of morpholine rings is 1. The zero-order valence-electron chi connectivity index (χ0n) is 21.6. The van der Waals surface area contributed by atoms with E-state index in [0.29, 0.717) is 54.3 Å². The molecule has 0 saturated carbocycles. The second-order valence-electron chi connectivity index (χ2n) is 9.20. The van der Waals surface area contributed by atoms with E-state index in [1.165, 1.54) is 4.68 Å². The molecule has 0 radical (unpaired) electrons. The molecule has 0 N–H and O–H groups in total. The number of benzene rings is 2. The molecule has 196 valence electrons. The van der Waals surface area contributed by atoms with Gasteiger partial charge in [-0.05, 0) is 36.8 Å². The number of halogens is 1. The molecule has 0 unspecified atom stereocenters. The van der Waals surface area contributed by atoms with Crippen molar-refractivity contribution in [3.05, 3.63) is 62.6 Å². The van der Waals surface area contributed by atoms with E-state index in [0.717, 1.165) is 16.6 Å². The van der Waals surface area contributed by atoms with Gasteiger partial charge in [-0.15, -0.1) is 0 Å². The van der Waals surface area contributed by atoms with E-state index in [2.05, 4.69) is 21.0 Å². The van der Waals surface area contributed by atoms with Crippen molar-refractivity contribution in [2.24, 2.45) is 5.10 Å². The van der Waals surface area contributed by atoms with Crippen molar-refractivity contribution in [1.82, 2.24) is 14.6 Å². The molecule has 0 aliphatic carbocycles. The van der Waals surface area contributed by atoms with Crippen LogP contribution in [0.1, 0.15) is 37.6 Å². The highest BCUT2D eigenvalue weighted by atomic mass is 79.9. The Hall–Kier alpha value is -3.24. The van der Waals surface area contributed by atoms with Crippen LogP contribution >= 0.6 is 15.9 Å². The van der Waals surface area contributed by atoms with Crippen LogP contribution in [-0.2, 0) is 9.53 Å².